The molecule has 6 nitrogen and oxygen atoms in total. The first kappa shape index (κ1) is 17.2. The standard InChI is InChI=1S/C16H19BrN4O2/c1-10(22)20-16(2,3)11-5-6-14(18-8-11)21(4)13-7-12(17)9-19-15(13)23/h5-9H,1-4H3,(H,19,23)(H,20,22). The van der Waals surface area contributed by atoms with E-state index < -0.39 is 5.54 Å². The molecule has 1 amide bonds. The number of amides is 1. The van der Waals surface area contributed by atoms with Crippen molar-refractivity contribution in [3.8, 4) is 0 Å². The molecule has 0 aromatic carbocycles. The Bertz CT molecular complexity index is 768. The van der Waals surface area contributed by atoms with Crippen LogP contribution in [0.25, 0.3) is 0 Å². The van der Waals surface area contributed by atoms with Gasteiger partial charge in [-0.25, -0.2) is 4.98 Å². The molecule has 0 bridgehead atoms. The Morgan fingerprint density at radius 3 is 2.65 bits per heavy atom. The molecule has 2 rings (SSSR count). The van der Waals surface area contributed by atoms with Gasteiger partial charge in [-0.15, -0.1) is 0 Å². The van der Waals surface area contributed by atoms with E-state index in [1.807, 2.05) is 26.0 Å². The summed E-state index contributed by atoms with van der Waals surface area (Å²) in [6.45, 7) is 5.30. The Labute approximate surface area is 143 Å². The molecule has 0 radical (unpaired) electrons. The molecule has 122 valence electrons. The molecule has 23 heavy (non-hydrogen) atoms. The van der Waals surface area contributed by atoms with E-state index in [-0.39, 0.29) is 11.5 Å². The second-order valence-corrected chi connectivity index (χ2v) is 6.72. The van der Waals surface area contributed by atoms with Gasteiger partial charge in [0.25, 0.3) is 5.56 Å². The second kappa shape index (κ2) is 6.54. The first-order valence-electron chi connectivity index (χ1n) is 7.08. The Morgan fingerprint density at radius 1 is 1.39 bits per heavy atom. The van der Waals surface area contributed by atoms with Crippen molar-refractivity contribution in [2.75, 3.05) is 11.9 Å². The van der Waals surface area contributed by atoms with Crippen LogP contribution in [0.15, 0.2) is 39.9 Å². The summed E-state index contributed by atoms with van der Waals surface area (Å²) in [5.74, 6) is 0.535. The van der Waals surface area contributed by atoms with E-state index in [0.29, 0.717) is 11.5 Å². The summed E-state index contributed by atoms with van der Waals surface area (Å²) in [6, 6.07) is 5.44. The molecule has 0 aliphatic heterocycles. The Kier molecular flexibility index (Phi) is 4.89. The first-order valence-corrected chi connectivity index (χ1v) is 7.87. The molecule has 0 saturated carbocycles. The number of hydrogen-bond acceptors (Lipinski definition) is 4. The zero-order valence-corrected chi connectivity index (χ0v) is 15.1. The highest BCUT2D eigenvalue weighted by Gasteiger charge is 2.22. The summed E-state index contributed by atoms with van der Waals surface area (Å²) in [4.78, 5) is 32.0. The molecule has 0 saturated heterocycles. The van der Waals surface area contributed by atoms with Crippen molar-refractivity contribution in [3.05, 3.63) is 51.0 Å². The maximum absolute atomic E-state index is 11.9. The highest BCUT2D eigenvalue weighted by atomic mass is 79.9. The van der Waals surface area contributed by atoms with Crippen LogP contribution in [-0.2, 0) is 10.3 Å². The van der Waals surface area contributed by atoms with Gasteiger partial charge in [0, 0.05) is 30.8 Å². The molecule has 0 unspecified atom stereocenters. The molecule has 2 heterocycles. The average molecular weight is 379 g/mol. The van der Waals surface area contributed by atoms with Gasteiger partial charge < -0.3 is 15.2 Å². The number of nitrogens with one attached hydrogen (secondary N) is 2. The van der Waals surface area contributed by atoms with Gasteiger partial charge in [-0.1, -0.05) is 6.07 Å². The van der Waals surface area contributed by atoms with Crippen LogP contribution in [0.1, 0.15) is 26.3 Å². The minimum absolute atomic E-state index is 0.100. The predicted octanol–water partition coefficient (Wildman–Crippen LogP) is 2.67. The highest BCUT2D eigenvalue weighted by Crippen LogP contribution is 2.24. The maximum Gasteiger partial charge on any atom is 0.271 e. The van der Waals surface area contributed by atoms with Crippen LogP contribution in [0, 0.1) is 0 Å². The molecule has 0 fully saturated rings. The number of aromatic amines is 1. The molecule has 0 aliphatic carbocycles. The Hall–Kier alpha value is -2.15. The van der Waals surface area contributed by atoms with Crippen LogP contribution in [0.2, 0.25) is 0 Å². The quantitative estimate of drug-likeness (QED) is 0.856. The van der Waals surface area contributed by atoms with Crippen LogP contribution in [0.3, 0.4) is 0 Å². The van der Waals surface area contributed by atoms with Crippen LogP contribution >= 0.6 is 15.9 Å². The number of carbonyl (C=O) groups is 1. The molecule has 0 spiro atoms. The van der Waals surface area contributed by atoms with Crippen molar-refractivity contribution >= 4 is 33.3 Å². The van der Waals surface area contributed by atoms with E-state index in [2.05, 4.69) is 31.2 Å². The minimum atomic E-state index is -0.511. The summed E-state index contributed by atoms with van der Waals surface area (Å²) in [5, 5.41) is 2.88. The zero-order chi connectivity index (χ0) is 17.2. The molecule has 2 aromatic heterocycles. The summed E-state index contributed by atoms with van der Waals surface area (Å²) in [6.07, 6.45) is 3.29. The summed E-state index contributed by atoms with van der Waals surface area (Å²) in [5.41, 5.74) is 0.664. The lowest BCUT2D eigenvalue weighted by Crippen LogP contribution is -2.39. The Balaban J connectivity index is 2.30. The number of aromatic nitrogens is 2. The Morgan fingerprint density at radius 2 is 2.09 bits per heavy atom. The van der Waals surface area contributed by atoms with Crippen LogP contribution in [0.5, 0.6) is 0 Å². The van der Waals surface area contributed by atoms with Gasteiger partial charge in [-0.3, -0.25) is 9.59 Å². The zero-order valence-electron chi connectivity index (χ0n) is 13.5. The number of rotatable bonds is 4. The fourth-order valence-corrected chi connectivity index (χ4v) is 2.62. The number of halogens is 1. The van der Waals surface area contributed by atoms with Crippen molar-refractivity contribution in [1.29, 1.82) is 0 Å². The van der Waals surface area contributed by atoms with Crippen molar-refractivity contribution in [2.24, 2.45) is 0 Å². The number of anilines is 2. The molecule has 0 aliphatic rings. The number of pyridine rings is 2. The summed E-state index contributed by atoms with van der Waals surface area (Å²) < 4.78 is 0.780. The lowest BCUT2D eigenvalue weighted by atomic mass is 9.96. The first-order chi connectivity index (χ1) is 10.7. The number of hydrogen-bond donors (Lipinski definition) is 2. The molecule has 0 atom stereocenters. The number of H-pyrrole nitrogens is 1. The summed E-state index contributed by atoms with van der Waals surface area (Å²) >= 11 is 3.34. The van der Waals surface area contributed by atoms with Crippen molar-refractivity contribution in [2.45, 2.75) is 26.3 Å². The third kappa shape index (κ3) is 3.98. The van der Waals surface area contributed by atoms with E-state index >= 15 is 0 Å². The van der Waals surface area contributed by atoms with Crippen molar-refractivity contribution in [1.82, 2.24) is 15.3 Å². The lowest BCUT2D eigenvalue weighted by molar-refractivity contribution is -0.120. The third-order valence-corrected chi connectivity index (χ3v) is 3.97. The average Bonchev–Trinajstić information content (AvgIpc) is 2.48. The fraction of sp³-hybridized carbons (Fsp3) is 0.312. The molecular weight excluding hydrogens is 360 g/mol. The van der Waals surface area contributed by atoms with Crippen molar-refractivity contribution < 1.29 is 4.79 Å². The SMILES string of the molecule is CC(=O)NC(C)(C)c1ccc(N(C)c2cc(Br)c[nH]c2=O)nc1. The van der Waals surface area contributed by atoms with E-state index in [1.54, 1.807) is 30.4 Å². The normalized spacial score (nSPS) is 11.2. The van der Waals surface area contributed by atoms with Crippen LogP contribution < -0.4 is 15.8 Å². The van der Waals surface area contributed by atoms with Crippen molar-refractivity contribution in [3.63, 3.8) is 0 Å². The van der Waals surface area contributed by atoms with Gasteiger partial charge in [0.2, 0.25) is 5.91 Å². The number of carbonyl (C=O) groups excluding carboxylic acids is 1. The third-order valence-electron chi connectivity index (χ3n) is 3.51. The van der Waals surface area contributed by atoms with Gasteiger partial charge in [-0.05, 0) is 47.5 Å². The van der Waals surface area contributed by atoms with Gasteiger partial charge in [-0.2, -0.15) is 0 Å². The predicted molar refractivity (Wildman–Crippen MR) is 93.9 cm³/mol. The summed E-state index contributed by atoms with van der Waals surface area (Å²) in [7, 11) is 1.78. The smallest absolute Gasteiger partial charge is 0.271 e. The van der Waals surface area contributed by atoms with Crippen LogP contribution in [-0.4, -0.2) is 22.9 Å². The molecule has 2 N–H and O–H groups in total. The lowest BCUT2D eigenvalue weighted by Gasteiger charge is -2.26. The largest absolute Gasteiger partial charge is 0.347 e. The molecule has 7 heteroatoms. The van der Waals surface area contributed by atoms with E-state index in [1.165, 1.54) is 6.92 Å². The highest BCUT2D eigenvalue weighted by molar-refractivity contribution is 9.10. The van der Waals surface area contributed by atoms with Gasteiger partial charge in [0.15, 0.2) is 0 Å². The molecule has 2 aromatic rings. The van der Waals surface area contributed by atoms with Gasteiger partial charge in [0.05, 0.1) is 5.54 Å². The molecular formula is C16H19BrN4O2. The second-order valence-electron chi connectivity index (χ2n) is 5.80. The fourth-order valence-electron chi connectivity index (χ4n) is 2.29. The van der Waals surface area contributed by atoms with E-state index in [4.69, 9.17) is 0 Å². The van der Waals surface area contributed by atoms with Crippen LogP contribution in [0.4, 0.5) is 11.5 Å². The maximum atomic E-state index is 11.9. The van der Waals surface area contributed by atoms with Gasteiger partial charge >= 0.3 is 0 Å². The number of nitrogens with zero attached hydrogens (tertiary/aromatic N) is 2. The monoisotopic (exact) mass is 378 g/mol. The van der Waals surface area contributed by atoms with Gasteiger partial charge in [0.1, 0.15) is 11.5 Å². The van der Waals surface area contributed by atoms with E-state index in [0.717, 1.165) is 10.0 Å². The topological polar surface area (TPSA) is 78.1 Å². The van der Waals surface area contributed by atoms with E-state index in [9.17, 15) is 9.59 Å². The minimum Gasteiger partial charge on any atom is -0.347 e.